The molecule has 10 heteroatoms. The summed E-state index contributed by atoms with van der Waals surface area (Å²) in [5.74, 6) is 2.27. The van der Waals surface area contributed by atoms with E-state index in [1.165, 1.54) is 38.1 Å². The van der Waals surface area contributed by atoms with E-state index in [0.29, 0.717) is 37.1 Å². The van der Waals surface area contributed by atoms with E-state index in [2.05, 4.69) is 15.3 Å². The molecule has 1 saturated carbocycles. The fourth-order valence-electron chi connectivity index (χ4n) is 4.31. The smallest absolute Gasteiger partial charge is 0.233 e. The molecular weight excluding hydrogens is 497 g/mol. The second kappa shape index (κ2) is 13.9. The van der Waals surface area contributed by atoms with E-state index in [1.807, 2.05) is 19.7 Å². The Hall–Kier alpha value is -2.19. The minimum absolute atomic E-state index is 0.172. The Kier molecular flexibility index (Phi) is 11.0. The molecule has 1 heterocycles. The number of hydrogen-bond acceptors (Lipinski definition) is 7. The highest BCUT2D eigenvalue weighted by Crippen LogP contribution is 2.40. The summed E-state index contributed by atoms with van der Waals surface area (Å²) in [5, 5.41) is 2.89. The molecule has 0 spiro atoms. The number of hydrogen-bond donors (Lipinski definition) is 1. The zero-order valence-corrected chi connectivity index (χ0v) is 22.9. The number of benzene rings is 1. The van der Waals surface area contributed by atoms with Gasteiger partial charge in [0.25, 0.3) is 0 Å². The first-order chi connectivity index (χ1) is 17.3. The van der Waals surface area contributed by atoms with Gasteiger partial charge in [-0.05, 0) is 62.2 Å². The lowest BCUT2D eigenvalue weighted by Gasteiger charge is -2.19. The number of rotatable bonds is 13. The van der Waals surface area contributed by atoms with Gasteiger partial charge in [0.15, 0.2) is 24.0 Å². The first-order valence-corrected chi connectivity index (χ1v) is 15.6. The molecule has 1 N–H and O–H groups in total. The number of nitrogens with one attached hydrogen (secondary N) is 1. The van der Waals surface area contributed by atoms with Gasteiger partial charge in [0, 0.05) is 6.26 Å². The highest BCUT2D eigenvalue weighted by molar-refractivity contribution is 7.90. The van der Waals surface area contributed by atoms with E-state index in [1.54, 1.807) is 36.5 Å². The van der Waals surface area contributed by atoms with Gasteiger partial charge in [-0.2, -0.15) is 0 Å². The van der Waals surface area contributed by atoms with Crippen LogP contribution in [0, 0.1) is 5.92 Å². The molecule has 196 valence electrons. The molecule has 1 fully saturated rings. The molecule has 1 atom stereocenters. The molecule has 1 aliphatic carbocycles. The number of nitrogens with zero attached hydrogens (tertiary/aromatic N) is 2. The lowest BCUT2D eigenvalue weighted by atomic mass is 9.89. The lowest BCUT2D eigenvalue weighted by Crippen LogP contribution is -2.22. The van der Waals surface area contributed by atoms with Gasteiger partial charge in [-0.1, -0.05) is 37.8 Å². The Bertz CT molecular complexity index is 1100. The molecule has 2 aromatic rings. The molecular formula is C26H36N3O5PS. The third kappa shape index (κ3) is 8.73. The molecule has 1 amide bonds. The third-order valence-electron chi connectivity index (χ3n) is 6.17. The number of sulfone groups is 1. The summed E-state index contributed by atoms with van der Waals surface area (Å²) >= 11 is 0. The SMILES string of the molecule is CCOP(/C=C/c1cnc(NC(=O)[C@H](CCC2CCCC2)c2ccc(S(C)(=O)=O)cc2)cn1)OCC. The van der Waals surface area contributed by atoms with Crippen molar-refractivity contribution in [2.75, 3.05) is 24.8 Å². The van der Waals surface area contributed by atoms with Crippen molar-refractivity contribution in [3.63, 3.8) is 0 Å². The van der Waals surface area contributed by atoms with E-state index < -0.39 is 24.1 Å². The maximum absolute atomic E-state index is 13.3. The fraction of sp³-hybridized carbons (Fsp3) is 0.500. The van der Waals surface area contributed by atoms with Crippen LogP contribution in [-0.4, -0.2) is 43.8 Å². The number of aromatic nitrogens is 2. The Balaban J connectivity index is 1.70. The van der Waals surface area contributed by atoms with Gasteiger partial charge in [0.2, 0.25) is 5.91 Å². The van der Waals surface area contributed by atoms with Crippen molar-refractivity contribution < 1.29 is 22.3 Å². The molecule has 36 heavy (non-hydrogen) atoms. The van der Waals surface area contributed by atoms with E-state index in [9.17, 15) is 13.2 Å². The molecule has 8 nitrogen and oxygen atoms in total. The molecule has 0 radical (unpaired) electrons. The Labute approximate surface area is 215 Å². The lowest BCUT2D eigenvalue weighted by molar-refractivity contribution is -0.117. The van der Waals surface area contributed by atoms with Gasteiger partial charge < -0.3 is 14.4 Å². The van der Waals surface area contributed by atoms with Gasteiger partial charge in [0.1, 0.15) is 0 Å². The van der Waals surface area contributed by atoms with E-state index >= 15 is 0 Å². The summed E-state index contributed by atoms with van der Waals surface area (Å²) in [4.78, 5) is 22.3. The van der Waals surface area contributed by atoms with Crippen molar-refractivity contribution >= 4 is 36.0 Å². The van der Waals surface area contributed by atoms with Crippen molar-refractivity contribution in [2.24, 2.45) is 5.92 Å². The molecule has 3 rings (SSSR count). The van der Waals surface area contributed by atoms with Gasteiger partial charge in [-0.25, -0.2) is 13.4 Å². The second-order valence-electron chi connectivity index (χ2n) is 8.87. The maximum Gasteiger partial charge on any atom is 0.233 e. The normalized spacial score (nSPS) is 15.6. The summed E-state index contributed by atoms with van der Waals surface area (Å²) in [6.45, 7) is 4.96. The van der Waals surface area contributed by atoms with Crippen molar-refractivity contribution in [3.05, 3.63) is 53.7 Å². The predicted octanol–water partition coefficient (Wildman–Crippen LogP) is 5.93. The number of carbonyl (C=O) groups excluding carboxylic acids is 1. The second-order valence-corrected chi connectivity index (χ2v) is 12.3. The van der Waals surface area contributed by atoms with Gasteiger partial charge in [-0.3, -0.25) is 9.78 Å². The Morgan fingerprint density at radius 3 is 2.33 bits per heavy atom. The van der Waals surface area contributed by atoms with Gasteiger partial charge in [-0.15, -0.1) is 0 Å². The van der Waals surface area contributed by atoms with E-state index in [0.717, 1.165) is 12.0 Å². The first kappa shape index (κ1) is 28.4. The third-order valence-corrected chi connectivity index (χ3v) is 8.71. The summed E-state index contributed by atoms with van der Waals surface area (Å²) in [6, 6.07) is 6.62. The average Bonchev–Trinajstić information content (AvgIpc) is 3.37. The summed E-state index contributed by atoms with van der Waals surface area (Å²) < 4.78 is 34.8. The van der Waals surface area contributed by atoms with Crippen LogP contribution in [0.15, 0.2) is 47.4 Å². The molecule has 0 unspecified atom stereocenters. The Morgan fingerprint density at radius 2 is 1.78 bits per heavy atom. The fourth-order valence-corrected chi connectivity index (χ4v) is 5.98. The van der Waals surface area contributed by atoms with Gasteiger partial charge in [0.05, 0.1) is 42.1 Å². The van der Waals surface area contributed by atoms with Crippen molar-refractivity contribution in [1.29, 1.82) is 0 Å². The predicted molar refractivity (Wildman–Crippen MR) is 143 cm³/mol. The topological polar surface area (TPSA) is 107 Å². The first-order valence-electron chi connectivity index (χ1n) is 12.5. The van der Waals surface area contributed by atoms with Crippen LogP contribution in [0.3, 0.4) is 0 Å². The van der Waals surface area contributed by atoms with Crippen molar-refractivity contribution in [2.45, 2.75) is 63.2 Å². The van der Waals surface area contributed by atoms with Crippen molar-refractivity contribution in [3.8, 4) is 0 Å². The highest BCUT2D eigenvalue weighted by atomic mass is 32.2. The molecule has 0 saturated heterocycles. The quantitative estimate of drug-likeness (QED) is 0.318. The number of amides is 1. The minimum Gasteiger partial charge on any atom is -0.331 e. The Morgan fingerprint density at radius 1 is 1.11 bits per heavy atom. The van der Waals surface area contributed by atoms with Crippen LogP contribution in [0.25, 0.3) is 6.08 Å². The van der Waals surface area contributed by atoms with Gasteiger partial charge >= 0.3 is 0 Å². The molecule has 1 aliphatic rings. The largest absolute Gasteiger partial charge is 0.331 e. The minimum atomic E-state index is -3.30. The summed E-state index contributed by atoms with van der Waals surface area (Å²) in [6.07, 6.45) is 12.7. The molecule has 0 bridgehead atoms. The van der Waals surface area contributed by atoms with E-state index in [4.69, 9.17) is 9.05 Å². The molecule has 1 aromatic heterocycles. The monoisotopic (exact) mass is 533 g/mol. The van der Waals surface area contributed by atoms with Crippen LogP contribution in [0.2, 0.25) is 0 Å². The maximum atomic E-state index is 13.3. The highest BCUT2D eigenvalue weighted by Gasteiger charge is 2.24. The molecule has 0 aliphatic heterocycles. The molecule has 1 aromatic carbocycles. The van der Waals surface area contributed by atoms with Crippen molar-refractivity contribution in [1.82, 2.24) is 9.97 Å². The standard InChI is InChI=1S/C26H36N3O5PS/c1-4-33-35(34-5-2)17-16-22-18-28-25(19-27-22)29-26(30)24(15-10-20-8-6-7-9-20)21-11-13-23(14-12-21)36(3,31)32/h11-14,16-20,24H,4-10,15H2,1-3H3,(H,28,29,30)/b17-16+/t24-/m1/s1. The van der Waals surface area contributed by atoms with Crippen LogP contribution in [0.4, 0.5) is 5.82 Å². The summed E-state index contributed by atoms with van der Waals surface area (Å²) in [7, 11) is -4.41. The zero-order chi connectivity index (χ0) is 26.0. The van der Waals surface area contributed by atoms with Crippen LogP contribution in [-0.2, 0) is 23.7 Å². The summed E-state index contributed by atoms with van der Waals surface area (Å²) in [5.41, 5.74) is 1.43. The van der Waals surface area contributed by atoms with Crippen LogP contribution in [0.1, 0.15) is 69.5 Å². The number of anilines is 1. The van der Waals surface area contributed by atoms with Crippen LogP contribution >= 0.6 is 8.38 Å². The van der Waals surface area contributed by atoms with E-state index in [-0.39, 0.29) is 10.8 Å². The number of carbonyl (C=O) groups is 1. The van der Waals surface area contributed by atoms with Crippen LogP contribution < -0.4 is 5.32 Å². The average molecular weight is 534 g/mol. The zero-order valence-electron chi connectivity index (χ0n) is 21.2. The van der Waals surface area contributed by atoms with Crippen LogP contribution in [0.5, 0.6) is 0 Å².